The van der Waals surface area contributed by atoms with E-state index in [-0.39, 0.29) is 5.91 Å². The van der Waals surface area contributed by atoms with Gasteiger partial charge in [0.05, 0.1) is 0 Å². The normalized spacial score (nSPS) is 14.5. The molecule has 0 bridgehead atoms. The fourth-order valence-electron chi connectivity index (χ4n) is 3.85. The maximum absolute atomic E-state index is 12.1. The van der Waals surface area contributed by atoms with Crippen LogP contribution in [0.15, 0.2) is 60.0 Å². The van der Waals surface area contributed by atoms with Gasteiger partial charge in [-0.25, -0.2) is 0 Å². The number of rotatable bonds is 7. The number of phenolic OH excluding ortho intramolecular Hbond substituents is 1. The van der Waals surface area contributed by atoms with Gasteiger partial charge in [-0.2, -0.15) is 0 Å². The maximum Gasteiger partial charge on any atom is 0.251 e. The minimum Gasteiger partial charge on any atom is -0.508 e. The van der Waals surface area contributed by atoms with Crippen LogP contribution in [0.1, 0.15) is 28.6 Å². The summed E-state index contributed by atoms with van der Waals surface area (Å²) in [6.45, 7) is 7.69. The van der Waals surface area contributed by atoms with Gasteiger partial charge in [0.15, 0.2) is 0 Å². The number of aromatic hydroxyl groups is 1. The van der Waals surface area contributed by atoms with Crippen molar-refractivity contribution in [2.75, 3.05) is 37.6 Å². The van der Waals surface area contributed by atoms with Crippen molar-refractivity contribution in [2.45, 2.75) is 19.9 Å². The Bertz CT molecular complexity index is 1010. The average molecular weight is 436 g/mol. The molecule has 0 radical (unpaired) electrons. The molecule has 1 fully saturated rings. The van der Waals surface area contributed by atoms with Gasteiger partial charge in [-0.1, -0.05) is 19.1 Å². The summed E-state index contributed by atoms with van der Waals surface area (Å²) in [5, 5.41) is 14.8. The summed E-state index contributed by atoms with van der Waals surface area (Å²) in [5.74, 6) is 0.301. The highest BCUT2D eigenvalue weighted by Gasteiger charge is 2.18. The summed E-state index contributed by atoms with van der Waals surface area (Å²) >= 11 is 1.78. The summed E-state index contributed by atoms with van der Waals surface area (Å²) in [6, 6.07) is 17.6. The molecule has 1 saturated heterocycles. The maximum atomic E-state index is 12.1. The summed E-state index contributed by atoms with van der Waals surface area (Å²) in [7, 11) is 0. The molecule has 1 aromatic heterocycles. The van der Waals surface area contributed by atoms with E-state index < -0.39 is 0 Å². The Hall–Kier alpha value is -2.83. The molecule has 6 heteroatoms. The Morgan fingerprint density at radius 2 is 1.81 bits per heavy atom. The summed E-state index contributed by atoms with van der Waals surface area (Å²) in [6.07, 6.45) is 0.941. The highest BCUT2D eigenvalue weighted by Crippen LogP contribution is 2.29. The zero-order valence-corrected chi connectivity index (χ0v) is 18.7. The fourth-order valence-corrected chi connectivity index (χ4v) is 4.78. The van der Waals surface area contributed by atoms with Gasteiger partial charge in [0, 0.05) is 55.4 Å². The van der Waals surface area contributed by atoms with Crippen LogP contribution in [0, 0.1) is 0 Å². The molecule has 5 nitrogen and oxygen atoms in total. The Kier molecular flexibility index (Phi) is 6.89. The molecule has 2 aromatic carbocycles. The van der Waals surface area contributed by atoms with E-state index in [1.54, 1.807) is 17.4 Å². The zero-order chi connectivity index (χ0) is 21.6. The van der Waals surface area contributed by atoms with Gasteiger partial charge in [0.1, 0.15) is 5.75 Å². The first-order valence-corrected chi connectivity index (χ1v) is 11.7. The van der Waals surface area contributed by atoms with E-state index in [1.165, 1.54) is 10.6 Å². The molecule has 1 amide bonds. The van der Waals surface area contributed by atoms with Crippen molar-refractivity contribution in [3.8, 4) is 16.9 Å². The Labute approximate surface area is 187 Å². The quantitative estimate of drug-likeness (QED) is 0.570. The third-order valence-corrected chi connectivity index (χ3v) is 6.54. The average Bonchev–Trinajstić information content (AvgIpc) is 3.27. The number of benzene rings is 2. The van der Waals surface area contributed by atoms with Crippen molar-refractivity contribution in [3.63, 3.8) is 0 Å². The first-order valence-electron chi connectivity index (χ1n) is 10.8. The molecular formula is C25H29N3O2S. The molecule has 0 atom stereocenters. The number of carbonyl (C=O) groups is 1. The summed E-state index contributed by atoms with van der Waals surface area (Å²) < 4.78 is 0. The van der Waals surface area contributed by atoms with E-state index in [2.05, 4.69) is 45.6 Å². The molecule has 4 rings (SSSR count). The second-order valence-corrected chi connectivity index (χ2v) is 8.91. The number of hydrogen-bond acceptors (Lipinski definition) is 5. The van der Waals surface area contributed by atoms with Gasteiger partial charge in [-0.15, -0.1) is 11.3 Å². The molecule has 1 aliphatic rings. The van der Waals surface area contributed by atoms with E-state index in [4.69, 9.17) is 0 Å². The lowest BCUT2D eigenvalue weighted by Crippen LogP contribution is -2.45. The highest BCUT2D eigenvalue weighted by molar-refractivity contribution is 7.10. The fraction of sp³-hybridized carbons (Fsp3) is 0.320. The lowest BCUT2D eigenvalue weighted by atomic mass is 10.1. The van der Waals surface area contributed by atoms with Crippen LogP contribution in [-0.2, 0) is 6.54 Å². The van der Waals surface area contributed by atoms with Crippen LogP contribution in [0.4, 0.5) is 5.69 Å². The molecule has 0 saturated carbocycles. The number of piperazine rings is 1. The standard InChI is InChI=1S/C25H29N3O2S/c1-2-10-26-25(30)19-6-8-22(9-7-19)28-13-11-27(12-14-28)17-24-16-21(18-31-24)20-4-3-5-23(29)15-20/h3-9,15-16,18,29H,2,10-14,17H2,1H3,(H,26,30). The largest absolute Gasteiger partial charge is 0.508 e. The van der Waals surface area contributed by atoms with Crippen molar-refractivity contribution in [1.82, 2.24) is 10.2 Å². The number of anilines is 1. The number of thiophene rings is 1. The lowest BCUT2D eigenvalue weighted by Gasteiger charge is -2.36. The third kappa shape index (κ3) is 5.46. The highest BCUT2D eigenvalue weighted by atomic mass is 32.1. The first kappa shape index (κ1) is 21.4. The molecule has 0 spiro atoms. The van der Waals surface area contributed by atoms with Gasteiger partial charge >= 0.3 is 0 Å². The second kappa shape index (κ2) is 9.98. The molecule has 31 heavy (non-hydrogen) atoms. The van der Waals surface area contributed by atoms with Gasteiger partial charge in [-0.3, -0.25) is 9.69 Å². The molecule has 162 valence electrons. The number of nitrogens with zero attached hydrogens (tertiary/aromatic N) is 2. The molecule has 0 aliphatic carbocycles. The van der Waals surface area contributed by atoms with Crippen molar-refractivity contribution < 1.29 is 9.90 Å². The smallest absolute Gasteiger partial charge is 0.251 e. The van der Waals surface area contributed by atoms with Crippen molar-refractivity contribution in [1.29, 1.82) is 0 Å². The molecular weight excluding hydrogens is 406 g/mol. The molecule has 3 aromatic rings. The van der Waals surface area contributed by atoms with Crippen LogP contribution in [0.2, 0.25) is 0 Å². The molecule has 1 aliphatic heterocycles. The number of phenols is 1. The van der Waals surface area contributed by atoms with Crippen molar-refractivity contribution in [3.05, 3.63) is 70.4 Å². The van der Waals surface area contributed by atoms with Crippen LogP contribution < -0.4 is 10.2 Å². The second-order valence-electron chi connectivity index (χ2n) is 7.92. The van der Waals surface area contributed by atoms with Gasteiger partial charge < -0.3 is 15.3 Å². The van der Waals surface area contributed by atoms with Crippen LogP contribution in [0.5, 0.6) is 5.75 Å². The Morgan fingerprint density at radius 3 is 2.52 bits per heavy atom. The third-order valence-electron chi connectivity index (χ3n) is 5.62. The predicted molar refractivity (Wildman–Crippen MR) is 128 cm³/mol. The number of amides is 1. The predicted octanol–water partition coefficient (Wildman–Crippen LogP) is 4.58. The number of hydrogen-bond donors (Lipinski definition) is 2. The van der Waals surface area contributed by atoms with Gasteiger partial charge in [-0.05, 0) is 65.4 Å². The SMILES string of the molecule is CCCNC(=O)c1ccc(N2CCN(Cc3cc(-c4cccc(O)c4)cs3)CC2)cc1. The summed E-state index contributed by atoms with van der Waals surface area (Å²) in [4.78, 5) is 18.3. The van der Waals surface area contributed by atoms with Crippen LogP contribution >= 0.6 is 11.3 Å². The molecule has 2 N–H and O–H groups in total. The van der Waals surface area contributed by atoms with E-state index in [9.17, 15) is 9.90 Å². The van der Waals surface area contributed by atoms with E-state index in [0.29, 0.717) is 12.3 Å². The molecule has 2 heterocycles. The number of carbonyl (C=O) groups excluding carboxylic acids is 1. The lowest BCUT2D eigenvalue weighted by molar-refractivity contribution is 0.0953. The van der Waals surface area contributed by atoms with E-state index >= 15 is 0 Å². The Balaban J connectivity index is 1.30. The topological polar surface area (TPSA) is 55.8 Å². The van der Waals surface area contributed by atoms with Crippen LogP contribution in [-0.4, -0.2) is 48.6 Å². The van der Waals surface area contributed by atoms with E-state index in [1.807, 2.05) is 30.3 Å². The monoisotopic (exact) mass is 435 g/mol. The summed E-state index contributed by atoms with van der Waals surface area (Å²) in [5.41, 5.74) is 4.11. The van der Waals surface area contributed by atoms with Gasteiger partial charge in [0.25, 0.3) is 5.91 Å². The Morgan fingerprint density at radius 1 is 1.03 bits per heavy atom. The minimum atomic E-state index is -0.000693. The minimum absolute atomic E-state index is 0.000693. The van der Waals surface area contributed by atoms with Gasteiger partial charge in [0.2, 0.25) is 0 Å². The van der Waals surface area contributed by atoms with Crippen LogP contribution in [0.25, 0.3) is 11.1 Å². The van der Waals surface area contributed by atoms with Crippen molar-refractivity contribution in [2.24, 2.45) is 0 Å². The zero-order valence-electron chi connectivity index (χ0n) is 17.9. The van der Waals surface area contributed by atoms with E-state index in [0.717, 1.165) is 55.8 Å². The first-order chi connectivity index (χ1) is 15.1. The molecule has 0 unspecified atom stereocenters. The van der Waals surface area contributed by atoms with Crippen molar-refractivity contribution >= 4 is 22.9 Å². The number of nitrogens with one attached hydrogen (secondary N) is 1. The van der Waals surface area contributed by atoms with Crippen LogP contribution in [0.3, 0.4) is 0 Å².